The molecule has 0 aromatic carbocycles. The van der Waals surface area contributed by atoms with Crippen molar-refractivity contribution in [2.24, 2.45) is 0 Å². The minimum Gasteiger partial charge on any atom is -0.394 e. The molecule has 15 atom stereocenters. The molecule has 3 rings (SSSR count). The van der Waals surface area contributed by atoms with E-state index in [1.165, 1.54) is 6.92 Å². The van der Waals surface area contributed by atoms with Crippen LogP contribution in [0.1, 0.15) is 6.92 Å². The first-order chi connectivity index (χ1) is 15.5. The Balaban J connectivity index is 1.82. The summed E-state index contributed by atoms with van der Waals surface area (Å²) in [5, 5.41) is 100.0. The van der Waals surface area contributed by atoms with Gasteiger partial charge >= 0.3 is 0 Å². The fourth-order valence-corrected chi connectivity index (χ4v) is 3.97. The van der Waals surface area contributed by atoms with Crippen LogP contribution in [0.5, 0.6) is 0 Å². The van der Waals surface area contributed by atoms with Crippen LogP contribution in [0.15, 0.2) is 0 Å². The second-order valence-corrected chi connectivity index (χ2v) is 8.32. The highest BCUT2D eigenvalue weighted by molar-refractivity contribution is 4.96. The van der Waals surface area contributed by atoms with Crippen molar-refractivity contribution < 1.29 is 74.7 Å². The van der Waals surface area contributed by atoms with E-state index in [1.807, 2.05) is 0 Å². The first kappa shape index (κ1) is 27.0. The maximum Gasteiger partial charge on any atom is 0.187 e. The van der Waals surface area contributed by atoms with Crippen LogP contribution < -0.4 is 0 Å². The monoisotopic (exact) mass is 488 g/mol. The van der Waals surface area contributed by atoms with Crippen molar-refractivity contribution in [2.45, 2.75) is 99.0 Å². The van der Waals surface area contributed by atoms with Crippen molar-refractivity contribution in [1.82, 2.24) is 0 Å². The Hall–Kier alpha value is -0.600. The summed E-state index contributed by atoms with van der Waals surface area (Å²) in [5.41, 5.74) is 0. The summed E-state index contributed by atoms with van der Waals surface area (Å²) in [6, 6.07) is 0. The van der Waals surface area contributed by atoms with E-state index in [0.717, 1.165) is 0 Å². The van der Waals surface area contributed by atoms with Gasteiger partial charge in [-0.1, -0.05) is 0 Å². The summed E-state index contributed by atoms with van der Waals surface area (Å²) in [6.45, 7) is -0.115. The Morgan fingerprint density at radius 3 is 1.61 bits per heavy atom. The summed E-state index contributed by atoms with van der Waals surface area (Å²) in [5.74, 6) is 0. The highest BCUT2D eigenvalue weighted by Crippen LogP contribution is 2.32. The summed E-state index contributed by atoms with van der Waals surface area (Å²) >= 11 is 0. The molecule has 33 heavy (non-hydrogen) atoms. The van der Waals surface area contributed by atoms with Crippen LogP contribution in [0, 0.1) is 0 Å². The lowest BCUT2D eigenvalue weighted by molar-refractivity contribution is -0.386. The molecular weight excluding hydrogens is 456 g/mol. The van der Waals surface area contributed by atoms with Crippen LogP contribution in [0.2, 0.25) is 0 Å². The maximum absolute atomic E-state index is 10.6. The molecule has 1 unspecified atom stereocenters. The molecule has 0 radical (unpaired) electrons. The number of aliphatic hydroxyl groups excluding tert-OH is 10. The molecule has 0 spiro atoms. The smallest absolute Gasteiger partial charge is 0.187 e. The van der Waals surface area contributed by atoms with E-state index >= 15 is 0 Å². The Labute approximate surface area is 187 Å². The number of ether oxygens (including phenoxy) is 5. The normalized spacial score (nSPS) is 53.7. The summed E-state index contributed by atoms with van der Waals surface area (Å²) in [7, 11) is 0. The summed E-state index contributed by atoms with van der Waals surface area (Å²) in [6.07, 6.45) is -24.1. The first-order valence-corrected chi connectivity index (χ1v) is 10.4. The van der Waals surface area contributed by atoms with E-state index < -0.39 is 105 Å². The molecule has 15 nitrogen and oxygen atoms in total. The van der Waals surface area contributed by atoms with E-state index in [2.05, 4.69) is 0 Å². The maximum atomic E-state index is 10.6. The van der Waals surface area contributed by atoms with Gasteiger partial charge in [0, 0.05) is 0 Å². The van der Waals surface area contributed by atoms with Gasteiger partial charge in [0.05, 0.1) is 19.3 Å². The van der Waals surface area contributed by atoms with E-state index in [1.54, 1.807) is 0 Å². The minimum absolute atomic E-state index is 0.747. The van der Waals surface area contributed by atoms with Gasteiger partial charge in [0.15, 0.2) is 18.9 Å². The molecule has 0 aliphatic carbocycles. The van der Waals surface area contributed by atoms with Crippen molar-refractivity contribution >= 4 is 0 Å². The van der Waals surface area contributed by atoms with Crippen molar-refractivity contribution in [3.05, 3.63) is 0 Å². The van der Waals surface area contributed by atoms with Crippen LogP contribution in [-0.4, -0.2) is 156 Å². The van der Waals surface area contributed by atoms with Gasteiger partial charge in [-0.05, 0) is 6.92 Å². The van der Waals surface area contributed by atoms with Gasteiger partial charge in [0.25, 0.3) is 0 Å². The lowest BCUT2D eigenvalue weighted by Gasteiger charge is -2.48. The quantitative estimate of drug-likeness (QED) is 0.167. The molecule has 0 aromatic heterocycles. The predicted molar refractivity (Wildman–Crippen MR) is 99.8 cm³/mol. The lowest BCUT2D eigenvalue weighted by Crippen LogP contribution is -2.66. The molecule has 3 fully saturated rings. The van der Waals surface area contributed by atoms with E-state index in [4.69, 9.17) is 23.7 Å². The van der Waals surface area contributed by atoms with Gasteiger partial charge in [-0.25, -0.2) is 0 Å². The molecule has 3 heterocycles. The molecule has 0 aromatic rings. The van der Waals surface area contributed by atoms with Gasteiger partial charge < -0.3 is 74.7 Å². The zero-order valence-electron chi connectivity index (χ0n) is 17.6. The minimum atomic E-state index is -1.88. The highest BCUT2D eigenvalue weighted by atomic mass is 16.8. The number of hydrogen-bond acceptors (Lipinski definition) is 15. The van der Waals surface area contributed by atoms with Crippen molar-refractivity contribution in [2.75, 3.05) is 13.2 Å². The SMILES string of the molecule is C[C@@H]1O[C@@H](O[C@H]2C(O)O[C@H](CO)[C@H](O)[C@@H]2O[C@@H]2O[C@H](CO)[C@H](O)[C@H](O)[C@H]2O)[C@H](O)[C@H](O)[C@@H]1O. The Morgan fingerprint density at radius 2 is 1.03 bits per heavy atom. The Bertz CT molecular complexity index is 624. The molecule has 194 valence electrons. The van der Waals surface area contributed by atoms with Crippen LogP contribution in [0.25, 0.3) is 0 Å². The first-order valence-electron chi connectivity index (χ1n) is 10.4. The topological polar surface area (TPSA) is 248 Å². The largest absolute Gasteiger partial charge is 0.394 e. The number of rotatable bonds is 6. The lowest BCUT2D eigenvalue weighted by atomic mass is 9.96. The van der Waals surface area contributed by atoms with Gasteiger partial charge in [-0.15, -0.1) is 0 Å². The molecule has 15 heteroatoms. The van der Waals surface area contributed by atoms with E-state index in [9.17, 15) is 51.1 Å². The predicted octanol–water partition coefficient (Wildman–Crippen LogP) is -6.55. The third-order valence-electron chi connectivity index (χ3n) is 6.06. The third-order valence-corrected chi connectivity index (χ3v) is 6.06. The summed E-state index contributed by atoms with van der Waals surface area (Å²) < 4.78 is 26.7. The second kappa shape index (κ2) is 11.0. The van der Waals surface area contributed by atoms with Crippen LogP contribution >= 0.6 is 0 Å². The standard InChI is InChI=1S/C18H32O15/c1-4-7(21)10(24)12(26)17(29-4)33-15-14(9(23)6(3-20)30-16(15)28)32-18-13(27)11(25)8(22)5(2-19)31-18/h4-28H,2-3H2,1H3/t4-,5+,6+,7+,8-,9-,10+,11-,12+,13+,14-,15+,16?,17-,18-/m0/s1. The average molecular weight is 488 g/mol. The molecular formula is C18H32O15. The second-order valence-electron chi connectivity index (χ2n) is 8.32. The van der Waals surface area contributed by atoms with Crippen molar-refractivity contribution in [3.8, 4) is 0 Å². The third kappa shape index (κ3) is 5.32. The molecule has 3 aliphatic rings. The molecule has 0 bridgehead atoms. The van der Waals surface area contributed by atoms with Gasteiger partial charge in [0.1, 0.15) is 67.1 Å². The van der Waals surface area contributed by atoms with Gasteiger partial charge in [-0.3, -0.25) is 0 Å². The van der Waals surface area contributed by atoms with E-state index in [-0.39, 0.29) is 0 Å². The highest BCUT2D eigenvalue weighted by Gasteiger charge is 2.53. The molecule has 0 amide bonds. The van der Waals surface area contributed by atoms with Gasteiger partial charge in [0.2, 0.25) is 0 Å². The fraction of sp³-hybridized carbons (Fsp3) is 1.00. The molecule has 3 aliphatic heterocycles. The van der Waals surface area contributed by atoms with Crippen LogP contribution in [-0.2, 0) is 23.7 Å². The average Bonchev–Trinajstić information content (AvgIpc) is 2.79. The Kier molecular flexibility index (Phi) is 8.99. The molecule has 10 N–H and O–H groups in total. The molecule has 3 saturated heterocycles. The van der Waals surface area contributed by atoms with Crippen LogP contribution in [0.4, 0.5) is 0 Å². The summed E-state index contributed by atoms with van der Waals surface area (Å²) in [4.78, 5) is 0. The zero-order chi connectivity index (χ0) is 24.6. The number of aliphatic hydroxyl groups is 10. The fourth-order valence-electron chi connectivity index (χ4n) is 3.97. The van der Waals surface area contributed by atoms with E-state index in [0.29, 0.717) is 0 Å². The molecule has 0 saturated carbocycles. The Morgan fingerprint density at radius 1 is 0.545 bits per heavy atom. The zero-order valence-corrected chi connectivity index (χ0v) is 17.6. The van der Waals surface area contributed by atoms with Crippen LogP contribution in [0.3, 0.4) is 0 Å². The van der Waals surface area contributed by atoms with Crippen molar-refractivity contribution in [3.63, 3.8) is 0 Å². The van der Waals surface area contributed by atoms with Crippen molar-refractivity contribution in [1.29, 1.82) is 0 Å². The number of hydrogen-bond donors (Lipinski definition) is 10. The van der Waals surface area contributed by atoms with Gasteiger partial charge in [-0.2, -0.15) is 0 Å².